The fraction of sp³-hybridized carbons (Fsp3) is 0.350. The Kier molecular flexibility index (Phi) is 11.5. The van der Waals surface area contributed by atoms with E-state index in [4.69, 9.17) is 10.5 Å². The second-order valence-electron chi connectivity index (χ2n) is 6.26. The van der Waals surface area contributed by atoms with Crippen LogP contribution in [-0.4, -0.2) is 38.6 Å². The number of rotatable bonds is 8. The molecule has 0 aromatic heterocycles. The van der Waals surface area contributed by atoms with Gasteiger partial charge in [-0.2, -0.15) is 0 Å². The molecule has 0 heterocycles. The number of nitrogens with two attached hydrogens (primary N) is 1. The zero-order valence-corrected chi connectivity index (χ0v) is 17.6. The van der Waals surface area contributed by atoms with Gasteiger partial charge in [-0.3, -0.25) is 4.79 Å². The molecule has 0 saturated carbocycles. The van der Waals surface area contributed by atoms with E-state index in [-0.39, 0.29) is 36.8 Å². The normalized spacial score (nSPS) is 11.1. The molecule has 0 aliphatic heterocycles. The highest BCUT2D eigenvalue weighted by Crippen LogP contribution is 2.22. The van der Waals surface area contributed by atoms with Crippen LogP contribution in [0.5, 0.6) is 5.75 Å². The summed E-state index contributed by atoms with van der Waals surface area (Å²) in [6.07, 6.45) is 1.07. The number of nitrogens with one attached hydrogen (secondary N) is 1. The molecule has 3 N–H and O–H groups in total. The Labute approximate surface area is 174 Å². The van der Waals surface area contributed by atoms with Gasteiger partial charge in [-0.25, -0.2) is 0 Å². The highest BCUT2D eigenvalue weighted by atomic mass is 35.5. The molecule has 1 atom stereocenters. The summed E-state index contributed by atoms with van der Waals surface area (Å²) in [7, 11) is 5.66. The van der Waals surface area contributed by atoms with E-state index in [1.807, 2.05) is 62.6 Å². The Balaban J connectivity index is 0.00000338. The third-order valence-corrected chi connectivity index (χ3v) is 4.27. The van der Waals surface area contributed by atoms with Gasteiger partial charge in [-0.05, 0) is 49.8 Å². The minimum Gasteiger partial charge on any atom is -0.497 e. The van der Waals surface area contributed by atoms with E-state index >= 15 is 0 Å². The summed E-state index contributed by atoms with van der Waals surface area (Å²) in [6.45, 7) is 0.545. The van der Waals surface area contributed by atoms with Gasteiger partial charge in [0.05, 0.1) is 13.2 Å². The van der Waals surface area contributed by atoms with Gasteiger partial charge in [0.25, 0.3) is 0 Å². The maximum Gasteiger partial charge on any atom is 0.220 e. The number of para-hydroxylation sites is 1. The van der Waals surface area contributed by atoms with Crippen molar-refractivity contribution in [3.63, 3.8) is 0 Å². The van der Waals surface area contributed by atoms with E-state index in [2.05, 4.69) is 10.2 Å². The Bertz CT molecular complexity index is 711. The van der Waals surface area contributed by atoms with Crippen molar-refractivity contribution in [1.29, 1.82) is 0 Å². The quantitative estimate of drug-likeness (QED) is 0.650. The van der Waals surface area contributed by atoms with E-state index in [1.54, 1.807) is 7.11 Å². The molecule has 1 amide bonds. The second-order valence-corrected chi connectivity index (χ2v) is 6.26. The summed E-state index contributed by atoms with van der Waals surface area (Å²) in [6, 6.07) is 15.7. The Morgan fingerprint density at radius 3 is 2.48 bits per heavy atom. The molecule has 7 heteroatoms. The first kappa shape index (κ1) is 25.1. The van der Waals surface area contributed by atoms with Crippen molar-refractivity contribution in [1.82, 2.24) is 10.2 Å². The van der Waals surface area contributed by atoms with Crippen molar-refractivity contribution >= 4 is 36.4 Å². The van der Waals surface area contributed by atoms with Gasteiger partial charge < -0.3 is 20.7 Å². The van der Waals surface area contributed by atoms with Crippen molar-refractivity contribution in [3.05, 3.63) is 59.7 Å². The van der Waals surface area contributed by atoms with Gasteiger partial charge in [-0.15, -0.1) is 24.8 Å². The largest absolute Gasteiger partial charge is 0.497 e. The minimum atomic E-state index is 0. The van der Waals surface area contributed by atoms with Crippen molar-refractivity contribution < 1.29 is 9.53 Å². The molecule has 1 unspecified atom stereocenters. The van der Waals surface area contributed by atoms with Gasteiger partial charge in [0.2, 0.25) is 5.91 Å². The number of halogens is 2. The summed E-state index contributed by atoms with van der Waals surface area (Å²) in [5.41, 5.74) is 8.77. The molecule has 0 aliphatic rings. The van der Waals surface area contributed by atoms with Gasteiger partial charge in [-0.1, -0.05) is 30.3 Å². The number of benzene rings is 2. The molecule has 0 radical (unpaired) electrons. The minimum absolute atomic E-state index is 0. The number of carbonyl (C=O) groups is 1. The predicted octanol–water partition coefficient (Wildman–Crippen LogP) is 3.47. The third-order valence-electron chi connectivity index (χ3n) is 4.27. The van der Waals surface area contributed by atoms with Crippen LogP contribution >= 0.6 is 24.8 Å². The molecule has 2 aromatic carbocycles. The van der Waals surface area contributed by atoms with Crippen LogP contribution in [0.4, 0.5) is 5.69 Å². The van der Waals surface area contributed by atoms with Crippen molar-refractivity contribution in [2.45, 2.75) is 18.9 Å². The lowest BCUT2D eigenvalue weighted by Gasteiger charge is -2.25. The summed E-state index contributed by atoms with van der Waals surface area (Å²) in [5, 5.41) is 3.03. The average Bonchev–Trinajstić information content (AvgIpc) is 2.61. The highest BCUT2D eigenvalue weighted by Gasteiger charge is 2.16. The number of ether oxygens (including phenoxy) is 1. The second kappa shape index (κ2) is 12.4. The van der Waals surface area contributed by atoms with Crippen molar-refractivity contribution in [2.75, 3.05) is 33.5 Å². The van der Waals surface area contributed by atoms with E-state index in [0.29, 0.717) is 19.4 Å². The van der Waals surface area contributed by atoms with Gasteiger partial charge in [0, 0.05) is 18.7 Å². The van der Waals surface area contributed by atoms with Gasteiger partial charge >= 0.3 is 0 Å². The monoisotopic (exact) mass is 413 g/mol. The molecule has 2 aromatic rings. The lowest BCUT2D eigenvalue weighted by atomic mass is 10.0. The number of hydrogen-bond acceptors (Lipinski definition) is 4. The van der Waals surface area contributed by atoms with Crippen molar-refractivity contribution in [3.8, 4) is 5.75 Å². The first-order chi connectivity index (χ1) is 12.0. The third kappa shape index (κ3) is 7.67. The first-order valence-electron chi connectivity index (χ1n) is 8.41. The van der Waals surface area contributed by atoms with E-state index in [1.165, 1.54) is 0 Å². The van der Waals surface area contributed by atoms with Crippen molar-refractivity contribution in [2.24, 2.45) is 0 Å². The molecule has 0 aliphatic carbocycles. The number of hydrogen-bond donors (Lipinski definition) is 2. The fourth-order valence-electron chi connectivity index (χ4n) is 2.76. The number of nitrogen functional groups attached to an aromatic ring is 1. The van der Waals surface area contributed by atoms with Crippen LogP contribution in [0, 0.1) is 0 Å². The summed E-state index contributed by atoms with van der Waals surface area (Å²) in [4.78, 5) is 14.3. The maximum absolute atomic E-state index is 12.2. The number of methoxy groups -OCH3 is 1. The smallest absolute Gasteiger partial charge is 0.220 e. The van der Waals surface area contributed by atoms with Crippen LogP contribution in [-0.2, 0) is 11.2 Å². The molecular weight excluding hydrogens is 385 g/mol. The lowest BCUT2D eigenvalue weighted by Crippen LogP contribution is -2.34. The Hall–Kier alpha value is -1.95. The number of anilines is 1. The summed E-state index contributed by atoms with van der Waals surface area (Å²) >= 11 is 0. The van der Waals surface area contributed by atoms with Crippen LogP contribution in [0.3, 0.4) is 0 Å². The molecule has 0 spiro atoms. The lowest BCUT2D eigenvalue weighted by molar-refractivity contribution is -0.121. The highest BCUT2D eigenvalue weighted by molar-refractivity contribution is 5.85. The first-order valence-corrected chi connectivity index (χ1v) is 8.41. The Morgan fingerprint density at radius 1 is 1.15 bits per heavy atom. The van der Waals surface area contributed by atoms with E-state index < -0.39 is 0 Å². The number of carbonyl (C=O) groups excluding carboxylic acids is 1. The number of aryl methyl sites for hydroxylation is 1. The van der Waals surface area contributed by atoms with E-state index in [9.17, 15) is 4.79 Å². The van der Waals surface area contributed by atoms with Crippen LogP contribution in [0.15, 0.2) is 48.5 Å². The molecule has 27 heavy (non-hydrogen) atoms. The standard InChI is InChI=1S/C20H27N3O2.2ClH/c1-23(2)19(16-8-6-9-17(13-16)25-3)14-22-20(24)12-11-15-7-4-5-10-18(15)21;;/h4-10,13,19H,11-12,14,21H2,1-3H3,(H,22,24);2*1H. The molecule has 0 saturated heterocycles. The van der Waals surface area contributed by atoms with Gasteiger partial charge in [0.1, 0.15) is 5.75 Å². The predicted molar refractivity (Wildman–Crippen MR) is 116 cm³/mol. The van der Waals surface area contributed by atoms with Crippen LogP contribution < -0.4 is 15.8 Å². The zero-order chi connectivity index (χ0) is 18.2. The topological polar surface area (TPSA) is 67.6 Å². The molecule has 150 valence electrons. The fourth-order valence-corrected chi connectivity index (χ4v) is 2.76. The van der Waals surface area contributed by atoms with Crippen LogP contribution in [0.1, 0.15) is 23.6 Å². The van der Waals surface area contributed by atoms with E-state index in [0.717, 1.165) is 22.6 Å². The number of likely N-dealkylation sites (N-methyl/N-ethyl adjacent to an activating group) is 1. The van der Waals surface area contributed by atoms with Gasteiger partial charge in [0.15, 0.2) is 0 Å². The molecule has 0 fully saturated rings. The summed E-state index contributed by atoms with van der Waals surface area (Å²) < 4.78 is 5.29. The molecule has 5 nitrogen and oxygen atoms in total. The molecule has 2 rings (SSSR count). The van der Waals surface area contributed by atoms with Crippen LogP contribution in [0.2, 0.25) is 0 Å². The SMILES string of the molecule is COc1cccc(C(CNC(=O)CCc2ccccc2N)N(C)C)c1.Cl.Cl. The molecular formula is C20H29Cl2N3O2. The Morgan fingerprint density at radius 2 is 1.85 bits per heavy atom. The maximum atomic E-state index is 12.2. The summed E-state index contributed by atoms with van der Waals surface area (Å²) in [5.74, 6) is 0.841. The number of amides is 1. The number of nitrogens with zero attached hydrogens (tertiary/aromatic N) is 1. The average molecular weight is 414 g/mol. The van der Waals surface area contributed by atoms with Crippen LogP contribution in [0.25, 0.3) is 0 Å². The zero-order valence-electron chi connectivity index (χ0n) is 16.0. The molecule has 0 bridgehead atoms.